The zero-order valence-electron chi connectivity index (χ0n) is 31.7. The summed E-state index contributed by atoms with van der Waals surface area (Å²) in [6.45, 7) is 5.46. The molecule has 2 aliphatic rings. The van der Waals surface area contributed by atoms with Crippen molar-refractivity contribution in [2.24, 2.45) is 0 Å². The van der Waals surface area contributed by atoms with Crippen molar-refractivity contribution < 1.29 is 43.2 Å². The van der Waals surface area contributed by atoms with E-state index in [9.17, 15) is 24.3 Å². The summed E-state index contributed by atoms with van der Waals surface area (Å²) in [4.78, 5) is 50.5. The fraction of sp³-hybridized carbons (Fsp3) is 0.333. The van der Waals surface area contributed by atoms with Crippen LogP contribution in [-0.2, 0) is 19.1 Å². The molecule has 11 nitrogen and oxygen atoms in total. The lowest BCUT2D eigenvalue weighted by molar-refractivity contribution is -0.136. The molecule has 4 aromatic carbocycles. The second-order valence-corrected chi connectivity index (χ2v) is 13.6. The fourth-order valence-corrected chi connectivity index (χ4v) is 6.88. The van der Waals surface area contributed by atoms with Gasteiger partial charge >= 0.3 is 0 Å². The van der Waals surface area contributed by atoms with Crippen molar-refractivity contribution in [1.82, 2.24) is 10.2 Å². The van der Waals surface area contributed by atoms with Crippen LogP contribution >= 0.6 is 0 Å². The molecule has 4 aromatic rings. The third-order valence-electron chi connectivity index (χ3n) is 9.72. The van der Waals surface area contributed by atoms with Gasteiger partial charge in [0.2, 0.25) is 11.8 Å². The van der Waals surface area contributed by atoms with Crippen molar-refractivity contribution in [3.05, 3.63) is 125 Å². The molecule has 1 atom stereocenters. The van der Waals surface area contributed by atoms with Crippen LogP contribution in [0.4, 0.5) is 0 Å². The number of allylic oxidation sites excluding steroid dienone is 1. The monoisotopic (exact) mass is 760 g/mol. The van der Waals surface area contributed by atoms with Gasteiger partial charge in [-0.25, -0.2) is 0 Å². The summed E-state index contributed by atoms with van der Waals surface area (Å²) >= 11 is 0. The first-order valence-electron chi connectivity index (χ1n) is 19.3. The number of imide groups is 2. The Balaban J connectivity index is 0.827. The molecular formula is C45H48N2O9. The number of unbranched alkanes of at least 4 members (excludes halogenated alkanes) is 1. The van der Waals surface area contributed by atoms with Gasteiger partial charge in [-0.05, 0) is 102 Å². The number of hydrogen-bond donors (Lipinski definition) is 2. The maximum Gasteiger partial charge on any atom is 0.262 e. The molecule has 0 spiro atoms. The van der Waals surface area contributed by atoms with E-state index in [0.29, 0.717) is 51.8 Å². The summed E-state index contributed by atoms with van der Waals surface area (Å²) in [5.41, 5.74) is 6.08. The standard InChI is InChI=1S/C45H48N2O9/c1-2-37(31-10-4-3-5-11-31)42(32-12-16-34(48)17-13-32)33-14-18-35(19-15-33)55-28-7-6-24-53-25-8-26-54-27-9-29-56-36-20-21-38-39(30-36)45(52)47(44(38)51)40-22-23-41(49)46-43(40)50/h3-5,10-21,30,40,48H,2,6-9,22-29H2,1H3,(H,46,49,50). The van der Waals surface area contributed by atoms with E-state index >= 15 is 0 Å². The number of rotatable bonds is 20. The van der Waals surface area contributed by atoms with E-state index in [-0.39, 0.29) is 29.7 Å². The molecular weight excluding hydrogens is 712 g/mol. The summed E-state index contributed by atoms with van der Waals surface area (Å²) < 4.78 is 23.3. The van der Waals surface area contributed by atoms with Gasteiger partial charge < -0.3 is 24.1 Å². The highest BCUT2D eigenvalue weighted by Gasteiger charge is 2.44. The molecule has 1 fully saturated rings. The van der Waals surface area contributed by atoms with Gasteiger partial charge in [-0.3, -0.25) is 29.4 Å². The molecule has 0 aromatic heterocycles. The normalized spacial score (nSPS) is 15.7. The van der Waals surface area contributed by atoms with Crippen LogP contribution < -0.4 is 14.8 Å². The molecule has 0 saturated carbocycles. The van der Waals surface area contributed by atoms with Gasteiger partial charge in [0.05, 0.1) is 24.3 Å². The van der Waals surface area contributed by atoms with E-state index in [1.165, 1.54) is 23.3 Å². The first-order valence-corrected chi connectivity index (χ1v) is 19.3. The molecule has 2 N–H and O–H groups in total. The first kappa shape index (κ1) is 39.9. The number of hydrogen-bond acceptors (Lipinski definition) is 9. The summed E-state index contributed by atoms with van der Waals surface area (Å²) in [5.74, 6) is -0.653. The maximum absolute atomic E-state index is 13.0. The van der Waals surface area contributed by atoms with Crippen molar-refractivity contribution in [2.75, 3.05) is 39.6 Å². The van der Waals surface area contributed by atoms with E-state index in [0.717, 1.165) is 53.0 Å². The summed E-state index contributed by atoms with van der Waals surface area (Å²) in [6.07, 6.45) is 4.21. The molecule has 56 heavy (non-hydrogen) atoms. The zero-order chi connectivity index (χ0) is 39.3. The van der Waals surface area contributed by atoms with E-state index in [1.807, 2.05) is 30.3 Å². The number of phenolic OH excluding ortho intramolecular Hbond substituents is 1. The smallest absolute Gasteiger partial charge is 0.262 e. The quantitative estimate of drug-likeness (QED) is 0.0543. The maximum atomic E-state index is 13.0. The van der Waals surface area contributed by atoms with E-state index in [4.69, 9.17) is 18.9 Å². The molecule has 1 saturated heterocycles. The average molecular weight is 761 g/mol. The van der Waals surface area contributed by atoms with Gasteiger partial charge in [-0.2, -0.15) is 0 Å². The van der Waals surface area contributed by atoms with Gasteiger partial charge in [0.25, 0.3) is 11.8 Å². The van der Waals surface area contributed by atoms with Crippen LogP contribution in [0.5, 0.6) is 17.2 Å². The molecule has 292 valence electrons. The number of aromatic hydroxyl groups is 1. The third kappa shape index (κ3) is 10.1. The summed E-state index contributed by atoms with van der Waals surface area (Å²) in [7, 11) is 0. The van der Waals surface area contributed by atoms with Crippen LogP contribution in [0.25, 0.3) is 11.1 Å². The molecule has 6 rings (SSSR count). The van der Waals surface area contributed by atoms with E-state index < -0.39 is 29.7 Å². The van der Waals surface area contributed by atoms with E-state index in [1.54, 1.807) is 18.2 Å². The molecule has 2 heterocycles. The molecule has 0 aliphatic carbocycles. The average Bonchev–Trinajstić information content (AvgIpc) is 3.46. The Morgan fingerprint density at radius 3 is 1.91 bits per heavy atom. The molecule has 0 radical (unpaired) electrons. The lowest BCUT2D eigenvalue weighted by Crippen LogP contribution is -2.54. The summed E-state index contributed by atoms with van der Waals surface area (Å²) in [6, 6.07) is 29.6. The zero-order valence-corrected chi connectivity index (χ0v) is 31.7. The molecule has 11 heteroatoms. The number of phenols is 1. The fourth-order valence-electron chi connectivity index (χ4n) is 6.88. The number of carbonyl (C=O) groups excluding carboxylic acids is 4. The Bertz CT molecular complexity index is 2010. The third-order valence-corrected chi connectivity index (χ3v) is 9.72. The molecule has 0 bridgehead atoms. The highest BCUT2D eigenvalue weighted by atomic mass is 16.5. The number of fused-ring (bicyclic) bond motifs is 1. The van der Waals surface area contributed by atoms with Gasteiger partial charge in [0.1, 0.15) is 23.3 Å². The minimum atomic E-state index is -1.00. The highest BCUT2D eigenvalue weighted by Crippen LogP contribution is 2.36. The van der Waals surface area contributed by atoms with Gasteiger partial charge in [-0.1, -0.05) is 61.5 Å². The number of nitrogens with one attached hydrogen (secondary N) is 1. The first-order chi connectivity index (χ1) is 27.3. The number of benzene rings is 4. The Morgan fingerprint density at radius 2 is 1.23 bits per heavy atom. The second kappa shape index (κ2) is 19.7. The largest absolute Gasteiger partial charge is 0.508 e. The van der Waals surface area contributed by atoms with Crippen molar-refractivity contribution in [1.29, 1.82) is 0 Å². The van der Waals surface area contributed by atoms with E-state index in [2.05, 4.69) is 48.6 Å². The lowest BCUT2D eigenvalue weighted by Gasteiger charge is -2.27. The number of ether oxygens (including phenoxy) is 4. The number of nitrogens with zero attached hydrogens (tertiary/aromatic N) is 1. The van der Waals surface area contributed by atoms with Gasteiger partial charge in [0, 0.05) is 39.3 Å². The Kier molecular flexibility index (Phi) is 14.0. The number of amides is 4. The van der Waals surface area contributed by atoms with Crippen LogP contribution in [0.2, 0.25) is 0 Å². The van der Waals surface area contributed by atoms with Crippen LogP contribution in [0.3, 0.4) is 0 Å². The molecule has 1 unspecified atom stereocenters. The Labute approximate surface area is 327 Å². The number of carbonyl (C=O) groups is 4. The van der Waals surface area contributed by atoms with Crippen LogP contribution in [0, 0.1) is 0 Å². The van der Waals surface area contributed by atoms with Gasteiger partial charge in [0.15, 0.2) is 0 Å². The minimum Gasteiger partial charge on any atom is -0.508 e. The lowest BCUT2D eigenvalue weighted by atomic mass is 9.88. The highest BCUT2D eigenvalue weighted by molar-refractivity contribution is 6.23. The minimum absolute atomic E-state index is 0.0716. The van der Waals surface area contributed by atoms with Crippen molar-refractivity contribution >= 4 is 34.8 Å². The summed E-state index contributed by atoms with van der Waals surface area (Å²) in [5, 5.41) is 12.1. The number of piperidine rings is 1. The molecule has 2 aliphatic heterocycles. The SMILES string of the molecule is CCC(=C(c1ccc(O)cc1)c1ccc(OCCCCOCCCOCCCOc2ccc3c(c2)C(=O)N(C2CCC(=O)NC2=O)C3=O)cc1)c1ccccc1. The predicted molar refractivity (Wildman–Crippen MR) is 211 cm³/mol. The molecule has 4 amide bonds. The van der Waals surface area contributed by atoms with Crippen LogP contribution in [0.1, 0.15) is 89.3 Å². The van der Waals surface area contributed by atoms with Gasteiger partial charge in [-0.15, -0.1) is 0 Å². The Morgan fingerprint density at radius 1 is 0.661 bits per heavy atom. The second-order valence-electron chi connectivity index (χ2n) is 13.6. The predicted octanol–water partition coefficient (Wildman–Crippen LogP) is 7.21. The van der Waals surface area contributed by atoms with Crippen LogP contribution in [0.15, 0.2) is 97.1 Å². The van der Waals surface area contributed by atoms with Crippen molar-refractivity contribution in [3.63, 3.8) is 0 Å². The van der Waals surface area contributed by atoms with Crippen molar-refractivity contribution in [3.8, 4) is 17.2 Å². The van der Waals surface area contributed by atoms with Crippen molar-refractivity contribution in [2.45, 2.75) is 57.9 Å². The topological polar surface area (TPSA) is 141 Å². The van der Waals surface area contributed by atoms with Crippen LogP contribution in [-0.4, -0.2) is 79.3 Å². The Hall–Kier alpha value is -5.78.